The Morgan fingerprint density at radius 3 is 2.55 bits per heavy atom. The highest BCUT2D eigenvalue weighted by Crippen LogP contribution is 2.09. The van der Waals surface area contributed by atoms with E-state index in [1.807, 2.05) is 26.1 Å². The largest absolute Gasteiger partial charge is 0.350 e. The van der Waals surface area contributed by atoms with Crippen molar-refractivity contribution in [2.24, 2.45) is 7.05 Å². The summed E-state index contributed by atoms with van der Waals surface area (Å²) in [6, 6.07) is 11.2. The van der Waals surface area contributed by atoms with Gasteiger partial charge in [-0.15, -0.1) is 5.10 Å². The lowest BCUT2D eigenvalue weighted by atomic mass is 10.2. The Morgan fingerprint density at radius 2 is 1.95 bits per heavy atom. The van der Waals surface area contributed by atoms with E-state index in [0.29, 0.717) is 12.1 Å². The Hall–Kier alpha value is -2.96. The van der Waals surface area contributed by atoms with Crippen LogP contribution in [-0.2, 0) is 13.6 Å². The number of tetrazole rings is 1. The molecule has 0 saturated heterocycles. The van der Waals surface area contributed by atoms with E-state index in [0.717, 1.165) is 17.1 Å². The second kappa shape index (κ2) is 5.80. The molecule has 7 heteroatoms. The van der Waals surface area contributed by atoms with E-state index >= 15 is 0 Å². The fourth-order valence-electron chi connectivity index (χ4n) is 2.16. The van der Waals surface area contributed by atoms with E-state index in [9.17, 15) is 4.79 Å². The average Bonchev–Trinajstić information content (AvgIpc) is 3.17. The molecule has 112 valence electrons. The molecule has 3 aromatic rings. The molecular formula is C15H16N6O. The van der Waals surface area contributed by atoms with E-state index in [-0.39, 0.29) is 5.91 Å². The lowest BCUT2D eigenvalue weighted by Gasteiger charge is -2.08. The molecule has 0 aliphatic carbocycles. The van der Waals surface area contributed by atoms with Gasteiger partial charge in [0.05, 0.1) is 12.2 Å². The zero-order chi connectivity index (χ0) is 15.5. The van der Waals surface area contributed by atoms with Crippen molar-refractivity contribution in [2.75, 3.05) is 0 Å². The van der Waals surface area contributed by atoms with Crippen LogP contribution in [0, 0.1) is 6.92 Å². The van der Waals surface area contributed by atoms with Gasteiger partial charge in [0.2, 0.25) is 0 Å². The number of benzene rings is 1. The van der Waals surface area contributed by atoms with Crippen LogP contribution in [0.15, 0.2) is 42.7 Å². The van der Waals surface area contributed by atoms with Gasteiger partial charge in [0.25, 0.3) is 5.91 Å². The number of aryl methyl sites for hydroxylation is 1. The number of aromatic nitrogens is 5. The molecule has 2 heterocycles. The molecule has 22 heavy (non-hydrogen) atoms. The van der Waals surface area contributed by atoms with Gasteiger partial charge < -0.3 is 9.88 Å². The minimum absolute atomic E-state index is 0.109. The molecule has 0 unspecified atom stereocenters. The lowest BCUT2D eigenvalue weighted by Crippen LogP contribution is -2.24. The van der Waals surface area contributed by atoms with Crippen LogP contribution in [0.25, 0.3) is 5.69 Å². The molecule has 0 spiro atoms. The van der Waals surface area contributed by atoms with Gasteiger partial charge in [-0.3, -0.25) is 4.79 Å². The summed E-state index contributed by atoms with van der Waals surface area (Å²) in [6.07, 6.45) is 1.51. The molecule has 0 saturated carbocycles. The zero-order valence-corrected chi connectivity index (χ0v) is 12.4. The zero-order valence-electron chi connectivity index (χ0n) is 12.4. The fourth-order valence-corrected chi connectivity index (χ4v) is 2.16. The van der Waals surface area contributed by atoms with E-state index in [4.69, 9.17) is 0 Å². The summed E-state index contributed by atoms with van der Waals surface area (Å²) in [5, 5.41) is 13.9. The number of amides is 1. The highest BCUT2D eigenvalue weighted by molar-refractivity contribution is 5.94. The molecule has 1 amide bonds. The molecule has 1 N–H and O–H groups in total. The first-order chi connectivity index (χ1) is 10.6. The van der Waals surface area contributed by atoms with Gasteiger partial charge in [-0.05, 0) is 53.7 Å². The molecule has 0 aliphatic rings. The Balaban J connectivity index is 1.66. The van der Waals surface area contributed by atoms with Crippen LogP contribution < -0.4 is 5.32 Å². The number of carbonyl (C=O) groups excluding carboxylic acids is 1. The van der Waals surface area contributed by atoms with Crippen LogP contribution in [0.1, 0.15) is 21.7 Å². The highest BCUT2D eigenvalue weighted by atomic mass is 16.1. The summed E-state index contributed by atoms with van der Waals surface area (Å²) in [5.41, 5.74) is 3.63. The van der Waals surface area contributed by atoms with E-state index < -0.39 is 0 Å². The maximum atomic E-state index is 12.2. The maximum absolute atomic E-state index is 12.2. The monoisotopic (exact) mass is 296 g/mol. The summed E-state index contributed by atoms with van der Waals surface area (Å²) < 4.78 is 3.59. The van der Waals surface area contributed by atoms with Crippen molar-refractivity contribution in [1.82, 2.24) is 30.1 Å². The summed E-state index contributed by atoms with van der Waals surface area (Å²) in [4.78, 5) is 12.2. The molecule has 0 bridgehead atoms. The molecule has 7 nitrogen and oxygen atoms in total. The first-order valence-corrected chi connectivity index (χ1v) is 6.88. The van der Waals surface area contributed by atoms with Crippen molar-refractivity contribution in [3.8, 4) is 5.69 Å². The normalized spacial score (nSPS) is 10.6. The van der Waals surface area contributed by atoms with Crippen LogP contribution in [0.4, 0.5) is 0 Å². The number of nitrogens with one attached hydrogen (secondary N) is 1. The number of hydrogen-bond donors (Lipinski definition) is 1. The summed E-state index contributed by atoms with van der Waals surface area (Å²) in [5.74, 6) is -0.109. The van der Waals surface area contributed by atoms with E-state index in [2.05, 4.69) is 25.4 Å². The van der Waals surface area contributed by atoms with E-state index in [1.54, 1.807) is 24.3 Å². The van der Waals surface area contributed by atoms with Crippen molar-refractivity contribution < 1.29 is 4.79 Å². The molecule has 0 aliphatic heterocycles. The van der Waals surface area contributed by atoms with Gasteiger partial charge in [-0.25, -0.2) is 4.68 Å². The number of nitrogens with zero attached hydrogens (tertiary/aromatic N) is 5. The third-order valence-corrected chi connectivity index (χ3v) is 3.65. The predicted molar refractivity (Wildman–Crippen MR) is 80.5 cm³/mol. The average molecular weight is 296 g/mol. The SMILES string of the molecule is Cc1ccc(CNC(=O)c2ccc(-n3cnnn3)cc2)n1C. The fraction of sp³-hybridized carbons (Fsp3) is 0.200. The van der Waals surface area contributed by atoms with Gasteiger partial charge in [-0.1, -0.05) is 0 Å². The van der Waals surface area contributed by atoms with Gasteiger partial charge in [0.1, 0.15) is 6.33 Å². The second-order valence-corrected chi connectivity index (χ2v) is 5.01. The number of rotatable bonds is 4. The minimum atomic E-state index is -0.109. The molecule has 2 aromatic heterocycles. The molecule has 0 atom stereocenters. The van der Waals surface area contributed by atoms with Crippen LogP contribution in [0.3, 0.4) is 0 Å². The number of hydrogen-bond acceptors (Lipinski definition) is 4. The smallest absolute Gasteiger partial charge is 0.251 e. The number of carbonyl (C=O) groups is 1. The maximum Gasteiger partial charge on any atom is 0.251 e. The van der Waals surface area contributed by atoms with Gasteiger partial charge in [0, 0.05) is 24.0 Å². The highest BCUT2D eigenvalue weighted by Gasteiger charge is 2.08. The molecule has 3 rings (SSSR count). The molecule has 1 aromatic carbocycles. The minimum Gasteiger partial charge on any atom is -0.350 e. The van der Waals surface area contributed by atoms with Crippen LogP contribution in [-0.4, -0.2) is 30.7 Å². The Morgan fingerprint density at radius 1 is 1.18 bits per heavy atom. The standard InChI is InChI=1S/C15H16N6O/c1-11-3-6-14(20(11)2)9-16-15(22)12-4-7-13(8-5-12)21-10-17-18-19-21/h3-8,10H,9H2,1-2H3,(H,16,22). The van der Waals surface area contributed by atoms with Crippen molar-refractivity contribution in [1.29, 1.82) is 0 Å². The van der Waals surface area contributed by atoms with Gasteiger partial charge >= 0.3 is 0 Å². The third-order valence-electron chi connectivity index (χ3n) is 3.65. The second-order valence-electron chi connectivity index (χ2n) is 5.01. The Labute approximate surface area is 127 Å². The van der Waals surface area contributed by atoms with Crippen LogP contribution >= 0.6 is 0 Å². The summed E-state index contributed by atoms with van der Waals surface area (Å²) in [7, 11) is 1.98. The molecule has 0 fully saturated rings. The van der Waals surface area contributed by atoms with Crippen molar-refractivity contribution in [3.05, 3.63) is 59.7 Å². The summed E-state index contributed by atoms with van der Waals surface area (Å²) >= 11 is 0. The first-order valence-electron chi connectivity index (χ1n) is 6.88. The Kier molecular flexibility index (Phi) is 3.69. The van der Waals surface area contributed by atoms with Crippen LogP contribution in [0.5, 0.6) is 0 Å². The van der Waals surface area contributed by atoms with E-state index in [1.165, 1.54) is 11.0 Å². The molecular weight excluding hydrogens is 280 g/mol. The Bertz CT molecular complexity index is 773. The van der Waals surface area contributed by atoms with Gasteiger partial charge in [0.15, 0.2) is 0 Å². The topological polar surface area (TPSA) is 77.6 Å². The van der Waals surface area contributed by atoms with Crippen LogP contribution in [0.2, 0.25) is 0 Å². The quantitative estimate of drug-likeness (QED) is 0.785. The predicted octanol–water partition coefficient (Wildman–Crippen LogP) is 1.24. The van der Waals surface area contributed by atoms with Gasteiger partial charge in [-0.2, -0.15) is 0 Å². The third kappa shape index (κ3) is 2.73. The van der Waals surface area contributed by atoms with Crippen molar-refractivity contribution in [2.45, 2.75) is 13.5 Å². The van der Waals surface area contributed by atoms with Crippen molar-refractivity contribution >= 4 is 5.91 Å². The first kappa shape index (κ1) is 14.0. The summed E-state index contributed by atoms with van der Waals surface area (Å²) in [6.45, 7) is 2.53. The lowest BCUT2D eigenvalue weighted by molar-refractivity contribution is 0.0950. The van der Waals surface area contributed by atoms with Crippen molar-refractivity contribution in [3.63, 3.8) is 0 Å². The molecule has 0 radical (unpaired) electrons.